The van der Waals surface area contributed by atoms with Gasteiger partial charge in [-0.05, 0) is 75.0 Å². The molecular formula is C21H33FO3. The molecule has 0 aliphatic heterocycles. The number of aliphatic hydroxyl groups is 2. The number of halogens is 1. The molecule has 4 aliphatic rings. The largest absolute Gasteiger partial charge is 0.393 e. The number of hydrogen-bond acceptors (Lipinski definition) is 3. The number of ketones is 1. The first-order valence-electron chi connectivity index (χ1n) is 10.2. The molecule has 0 unspecified atom stereocenters. The Hall–Kier alpha value is -0.480. The number of fused-ring (bicyclic) bond motifs is 5. The standard InChI is InChI=1S/C21H33FO3/c1-12(23)15-4-5-16-14-10-18(22)21(25)11-13(24)6-9-20(21,3)17(14)7-8-19(15,16)2/h13-18,24-25H,4-11H2,1-3H3/t13-,14+,15+,16-,17-,18+,19-,20-,21+/m1/s1. The number of Topliss-reactive ketones (excluding diaryl/α,β-unsaturated/α-hetero) is 1. The second-order valence-electron chi connectivity index (χ2n) is 10.1. The minimum Gasteiger partial charge on any atom is -0.393 e. The van der Waals surface area contributed by atoms with E-state index in [0.717, 1.165) is 25.7 Å². The maximum Gasteiger partial charge on any atom is 0.133 e. The Morgan fingerprint density at radius 3 is 2.48 bits per heavy atom. The highest BCUT2D eigenvalue weighted by Crippen LogP contribution is 2.68. The van der Waals surface area contributed by atoms with Crippen molar-refractivity contribution >= 4 is 5.78 Å². The normalized spacial score (nSPS) is 58.2. The Morgan fingerprint density at radius 1 is 1.08 bits per heavy atom. The number of carbonyl (C=O) groups excluding carboxylic acids is 1. The van der Waals surface area contributed by atoms with Crippen LogP contribution in [0.5, 0.6) is 0 Å². The second kappa shape index (κ2) is 5.51. The van der Waals surface area contributed by atoms with Crippen molar-refractivity contribution in [2.45, 2.75) is 90.0 Å². The molecule has 0 heterocycles. The molecule has 0 bridgehead atoms. The zero-order valence-corrected chi connectivity index (χ0v) is 15.8. The molecule has 4 fully saturated rings. The quantitative estimate of drug-likeness (QED) is 0.757. The summed E-state index contributed by atoms with van der Waals surface area (Å²) in [7, 11) is 0. The topological polar surface area (TPSA) is 57.5 Å². The predicted molar refractivity (Wildman–Crippen MR) is 93.6 cm³/mol. The first-order chi connectivity index (χ1) is 11.6. The van der Waals surface area contributed by atoms with Gasteiger partial charge in [-0.1, -0.05) is 13.8 Å². The molecule has 4 aliphatic carbocycles. The third-order valence-electron chi connectivity index (χ3n) is 9.28. The summed E-state index contributed by atoms with van der Waals surface area (Å²) >= 11 is 0. The number of aliphatic hydroxyl groups excluding tert-OH is 1. The number of hydrogen-bond donors (Lipinski definition) is 2. The van der Waals surface area contributed by atoms with E-state index >= 15 is 4.39 Å². The van der Waals surface area contributed by atoms with Crippen LogP contribution in [0.25, 0.3) is 0 Å². The van der Waals surface area contributed by atoms with Crippen LogP contribution in [-0.4, -0.2) is 33.9 Å². The Kier molecular flexibility index (Phi) is 3.95. The fraction of sp³-hybridized carbons (Fsp3) is 0.952. The molecule has 25 heavy (non-hydrogen) atoms. The molecule has 4 heteroatoms. The van der Waals surface area contributed by atoms with Gasteiger partial charge in [0.2, 0.25) is 0 Å². The maximum atomic E-state index is 15.3. The molecular weight excluding hydrogens is 319 g/mol. The highest BCUT2D eigenvalue weighted by atomic mass is 19.1. The molecule has 2 N–H and O–H groups in total. The Morgan fingerprint density at radius 2 is 1.80 bits per heavy atom. The SMILES string of the molecule is CC(=O)[C@@H]1CC[C@@H]2[C@@H]3C[C@H](F)[C@@]4(O)C[C@H](O)CC[C@]4(C)[C@@H]3CC[C@@]21C. The van der Waals surface area contributed by atoms with Gasteiger partial charge in [0.15, 0.2) is 0 Å². The first kappa shape index (κ1) is 17.9. The molecule has 3 nitrogen and oxygen atoms in total. The Bertz CT molecular complexity index is 579. The van der Waals surface area contributed by atoms with Crippen molar-refractivity contribution < 1.29 is 19.4 Å². The van der Waals surface area contributed by atoms with E-state index in [9.17, 15) is 15.0 Å². The van der Waals surface area contributed by atoms with Gasteiger partial charge in [0.25, 0.3) is 0 Å². The van der Waals surface area contributed by atoms with Gasteiger partial charge in [0.1, 0.15) is 17.6 Å². The molecule has 0 spiro atoms. The van der Waals surface area contributed by atoms with Gasteiger partial charge in [-0.15, -0.1) is 0 Å². The van der Waals surface area contributed by atoms with Crippen LogP contribution in [0.1, 0.15) is 72.1 Å². The van der Waals surface area contributed by atoms with E-state index in [1.165, 1.54) is 0 Å². The fourth-order valence-electron chi connectivity index (χ4n) is 7.88. The predicted octanol–water partition coefficient (Wildman–Crippen LogP) is 3.66. The van der Waals surface area contributed by atoms with Crippen LogP contribution in [0.15, 0.2) is 0 Å². The lowest BCUT2D eigenvalue weighted by atomic mass is 9.42. The second-order valence-corrected chi connectivity index (χ2v) is 10.1. The molecule has 0 amide bonds. The maximum absolute atomic E-state index is 15.3. The summed E-state index contributed by atoms with van der Waals surface area (Å²) in [5.41, 5.74) is -1.84. The summed E-state index contributed by atoms with van der Waals surface area (Å²) in [6, 6.07) is 0. The smallest absolute Gasteiger partial charge is 0.133 e. The lowest BCUT2D eigenvalue weighted by Gasteiger charge is -2.64. The van der Waals surface area contributed by atoms with Crippen LogP contribution in [0.4, 0.5) is 4.39 Å². The molecule has 9 atom stereocenters. The highest BCUT2D eigenvalue weighted by Gasteiger charge is 2.68. The van der Waals surface area contributed by atoms with Crippen molar-refractivity contribution in [3.8, 4) is 0 Å². The Balaban J connectivity index is 1.69. The van der Waals surface area contributed by atoms with Gasteiger partial charge in [-0.3, -0.25) is 4.79 Å². The summed E-state index contributed by atoms with van der Waals surface area (Å²) in [6.07, 6.45) is 4.01. The van der Waals surface area contributed by atoms with Gasteiger partial charge in [-0.2, -0.15) is 0 Å². The fourth-order valence-corrected chi connectivity index (χ4v) is 7.88. The van der Waals surface area contributed by atoms with E-state index in [4.69, 9.17) is 0 Å². The molecule has 0 saturated heterocycles. The Labute approximate surface area is 150 Å². The monoisotopic (exact) mass is 352 g/mol. The van der Waals surface area contributed by atoms with Crippen LogP contribution >= 0.6 is 0 Å². The molecule has 142 valence electrons. The van der Waals surface area contributed by atoms with E-state index in [1.807, 2.05) is 0 Å². The minimum atomic E-state index is -1.39. The summed E-state index contributed by atoms with van der Waals surface area (Å²) in [4.78, 5) is 12.2. The van der Waals surface area contributed by atoms with E-state index < -0.39 is 23.3 Å². The molecule has 4 saturated carbocycles. The third kappa shape index (κ3) is 2.19. The van der Waals surface area contributed by atoms with E-state index in [1.54, 1.807) is 6.92 Å². The summed E-state index contributed by atoms with van der Waals surface area (Å²) < 4.78 is 15.3. The van der Waals surface area contributed by atoms with Crippen LogP contribution in [0.3, 0.4) is 0 Å². The molecule has 0 aromatic heterocycles. The van der Waals surface area contributed by atoms with Gasteiger partial charge in [0.05, 0.1) is 6.10 Å². The van der Waals surface area contributed by atoms with Crippen molar-refractivity contribution in [2.24, 2.45) is 34.5 Å². The average molecular weight is 352 g/mol. The van der Waals surface area contributed by atoms with Crippen molar-refractivity contribution in [1.29, 1.82) is 0 Å². The van der Waals surface area contributed by atoms with Crippen LogP contribution in [0.2, 0.25) is 0 Å². The molecule has 0 radical (unpaired) electrons. The third-order valence-corrected chi connectivity index (χ3v) is 9.28. The first-order valence-corrected chi connectivity index (χ1v) is 10.2. The molecule has 0 aromatic rings. The highest BCUT2D eigenvalue weighted by molar-refractivity contribution is 5.79. The summed E-state index contributed by atoms with van der Waals surface area (Å²) in [5.74, 6) is 1.38. The van der Waals surface area contributed by atoms with Crippen molar-refractivity contribution in [2.75, 3.05) is 0 Å². The van der Waals surface area contributed by atoms with Gasteiger partial charge in [-0.25, -0.2) is 4.39 Å². The van der Waals surface area contributed by atoms with Gasteiger partial charge >= 0.3 is 0 Å². The van der Waals surface area contributed by atoms with Gasteiger partial charge in [0, 0.05) is 17.8 Å². The van der Waals surface area contributed by atoms with E-state index in [0.29, 0.717) is 36.9 Å². The van der Waals surface area contributed by atoms with Crippen LogP contribution in [0, 0.1) is 34.5 Å². The van der Waals surface area contributed by atoms with Crippen molar-refractivity contribution in [1.82, 2.24) is 0 Å². The number of alkyl halides is 1. The van der Waals surface area contributed by atoms with Gasteiger partial charge < -0.3 is 10.2 Å². The lowest BCUT2D eigenvalue weighted by molar-refractivity contribution is -0.249. The van der Waals surface area contributed by atoms with Crippen LogP contribution in [-0.2, 0) is 4.79 Å². The minimum absolute atomic E-state index is 0.00666. The van der Waals surface area contributed by atoms with Crippen LogP contribution < -0.4 is 0 Å². The van der Waals surface area contributed by atoms with Crippen molar-refractivity contribution in [3.05, 3.63) is 0 Å². The van der Waals surface area contributed by atoms with E-state index in [-0.39, 0.29) is 23.7 Å². The zero-order valence-electron chi connectivity index (χ0n) is 15.8. The zero-order chi connectivity index (χ0) is 18.2. The molecule has 4 rings (SSSR count). The summed E-state index contributed by atoms with van der Waals surface area (Å²) in [5, 5.41) is 21.3. The number of rotatable bonds is 1. The average Bonchev–Trinajstić information content (AvgIpc) is 2.88. The molecule has 0 aromatic carbocycles. The number of carbonyl (C=O) groups is 1. The van der Waals surface area contributed by atoms with E-state index in [2.05, 4.69) is 13.8 Å². The lowest BCUT2D eigenvalue weighted by Crippen LogP contribution is -2.67. The van der Waals surface area contributed by atoms with Crippen molar-refractivity contribution in [3.63, 3.8) is 0 Å². The summed E-state index contributed by atoms with van der Waals surface area (Å²) in [6.45, 7) is 6.04.